The molecule has 2 rings (SSSR count). The Morgan fingerprint density at radius 2 is 1.52 bits per heavy atom. The summed E-state index contributed by atoms with van der Waals surface area (Å²) in [6, 6.07) is 0.768. The van der Waals surface area contributed by atoms with Gasteiger partial charge in [0.1, 0.15) is 0 Å². The molecule has 0 aromatic carbocycles. The van der Waals surface area contributed by atoms with E-state index in [0.717, 1.165) is 30.3 Å². The normalized spacial score (nSPS) is 33.8. The molecule has 0 bridgehead atoms. The van der Waals surface area contributed by atoms with Gasteiger partial charge >= 0.3 is 0 Å². The van der Waals surface area contributed by atoms with Gasteiger partial charge in [-0.1, -0.05) is 51.5 Å². The Hall–Kier alpha value is -0.300. The lowest BCUT2D eigenvalue weighted by atomic mass is 9.69. The van der Waals surface area contributed by atoms with Gasteiger partial charge < -0.3 is 5.32 Å². The average molecular weight is 292 g/mol. The van der Waals surface area contributed by atoms with Gasteiger partial charge in [0.15, 0.2) is 0 Å². The first kappa shape index (κ1) is 17.1. The van der Waals surface area contributed by atoms with E-state index in [-0.39, 0.29) is 0 Å². The Bertz CT molecular complexity index is 270. The summed E-state index contributed by atoms with van der Waals surface area (Å²) in [5.41, 5.74) is 0. The third kappa shape index (κ3) is 5.77. The Morgan fingerprint density at radius 1 is 0.905 bits per heavy atom. The zero-order valence-electron chi connectivity index (χ0n) is 14.3. The van der Waals surface area contributed by atoms with Crippen LogP contribution in [0.25, 0.3) is 0 Å². The van der Waals surface area contributed by atoms with Crippen molar-refractivity contribution in [3.63, 3.8) is 0 Å². The smallest absolute Gasteiger partial charge is 0.0134 e. The van der Waals surface area contributed by atoms with Crippen LogP contribution in [0.2, 0.25) is 0 Å². The lowest BCUT2D eigenvalue weighted by Crippen LogP contribution is -2.35. The topological polar surface area (TPSA) is 12.0 Å². The van der Waals surface area contributed by atoms with Crippen molar-refractivity contribution in [2.24, 2.45) is 17.8 Å². The molecule has 2 saturated carbocycles. The van der Waals surface area contributed by atoms with E-state index in [9.17, 15) is 0 Å². The van der Waals surface area contributed by atoms with Gasteiger partial charge in [0.05, 0.1) is 0 Å². The summed E-state index contributed by atoms with van der Waals surface area (Å²) in [5.74, 6) is 3.18. The molecule has 0 aromatic heterocycles. The Kier molecular flexibility index (Phi) is 7.85. The van der Waals surface area contributed by atoms with Crippen LogP contribution in [0.3, 0.4) is 0 Å². The highest BCUT2D eigenvalue weighted by Gasteiger charge is 2.30. The summed E-state index contributed by atoms with van der Waals surface area (Å²) < 4.78 is 0. The second-order valence-corrected chi connectivity index (χ2v) is 7.59. The predicted molar refractivity (Wildman–Crippen MR) is 93.5 cm³/mol. The second kappa shape index (κ2) is 9.66. The fourth-order valence-electron chi connectivity index (χ4n) is 4.68. The van der Waals surface area contributed by atoms with E-state index in [1.807, 2.05) is 6.08 Å². The van der Waals surface area contributed by atoms with Crippen molar-refractivity contribution >= 4 is 0 Å². The number of unbranched alkanes of at least 4 members (excludes halogenated alkanes) is 2. The van der Waals surface area contributed by atoms with Crippen molar-refractivity contribution < 1.29 is 0 Å². The van der Waals surface area contributed by atoms with Crippen LogP contribution in [0.15, 0.2) is 12.7 Å². The van der Waals surface area contributed by atoms with E-state index < -0.39 is 0 Å². The SMILES string of the molecule is C=CCNC1CCC(C2CCC(CCCCC)CC2)CC1. The average Bonchev–Trinajstić information content (AvgIpc) is 2.54. The largest absolute Gasteiger partial charge is 0.311 e. The highest BCUT2D eigenvalue weighted by atomic mass is 14.9. The molecule has 0 atom stereocenters. The van der Waals surface area contributed by atoms with Crippen molar-refractivity contribution in [2.75, 3.05) is 6.54 Å². The van der Waals surface area contributed by atoms with E-state index in [0.29, 0.717) is 0 Å². The van der Waals surface area contributed by atoms with Crippen LogP contribution in [-0.2, 0) is 0 Å². The van der Waals surface area contributed by atoms with Crippen molar-refractivity contribution in [1.82, 2.24) is 5.32 Å². The molecule has 122 valence electrons. The fraction of sp³-hybridized carbons (Fsp3) is 0.900. The summed E-state index contributed by atoms with van der Waals surface area (Å²) in [7, 11) is 0. The molecule has 0 amide bonds. The van der Waals surface area contributed by atoms with Crippen molar-refractivity contribution in [1.29, 1.82) is 0 Å². The maximum Gasteiger partial charge on any atom is 0.0134 e. The summed E-state index contributed by atoms with van der Waals surface area (Å²) in [5, 5.41) is 3.61. The van der Waals surface area contributed by atoms with Crippen molar-refractivity contribution in [3.05, 3.63) is 12.7 Å². The standard InChI is InChI=1S/C20H37N/c1-3-5-6-7-17-8-10-18(11-9-17)19-12-14-20(15-13-19)21-16-4-2/h4,17-21H,2-3,5-16H2,1H3. The molecule has 1 heteroatoms. The second-order valence-electron chi connectivity index (χ2n) is 7.59. The van der Waals surface area contributed by atoms with E-state index in [4.69, 9.17) is 0 Å². The summed E-state index contributed by atoms with van der Waals surface area (Å²) in [6.45, 7) is 7.11. The molecule has 2 aliphatic carbocycles. The zero-order chi connectivity index (χ0) is 14.9. The summed E-state index contributed by atoms with van der Waals surface area (Å²) in [4.78, 5) is 0. The predicted octanol–water partition coefficient (Wildman–Crippen LogP) is 5.71. The molecule has 2 fully saturated rings. The van der Waals surface area contributed by atoms with Crippen LogP contribution in [0.4, 0.5) is 0 Å². The first-order valence-electron chi connectivity index (χ1n) is 9.67. The lowest BCUT2D eigenvalue weighted by Gasteiger charge is -2.38. The monoisotopic (exact) mass is 291 g/mol. The minimum atomic E-state index is 0.768. The number of rotatable bonds is 8. The van der Waals surface area contributed by atoms with E-state index >= 15 is 0 Å². The quantitative estimate of drug-likeness (QED) is 0.446. The summed E-state index contributed by atoms with van der Waals surface area (Å²) in [6.07, 6.45) is 19.7. The molecule has 0 heterocycles. The molecule has 0 unspecified atom stereocenters. The molecular weight excluding hydrogens is 254 g/mol. The molecule has 1 nitrogen and oxygen atoms in total. The van der Waals surface area contributed by atoms with E-state index in [1.54, 1.807) is 0 Å². The molecule has 0 aliphatic heterocycles. The van der Waals surface area contributed by atoms with E-state index in [1.165, 1.54) is 77.0 Å². The van der Waals surface area contributed by atoms with Gasteiger partial charge in [0.25, 0.3) is 0 Å². The molecule has 1 N–H and O–H groups in total. The minimum absolute atomic E-state index is 0.768. The summed E-state index contributed by atoms with van der Waals surface area (Å²) >= 11 is 0. The number of hydrogen-bond donors (Lipinski definition) is 1. The molecule has 2 aliphatic rings. The van der Waals surface area contributed by atoms with Crippen LogP contribution < -0.4 is 5.32 Å². The third-order valence-electron chi connectivity index (χ3n) is 6.10. The van der Waals surface area contributed by atoms with Gasteiger partial charge in [-0.2, -0.15) is 0 Å². The highest BCUT2D eigenvalue weighted by molar-refractivity contribution is 4.85. The van der Waals surface area contributed by atoms with Crippen LogP contribution in [0, 0.1) is 17.8 Å². The zero-order valence-corrected chi connectivity index (χ0v) is 14.3. The van der Waals surface area contributed by atoms with Crippen LogP contribution in [0.5, 0.6) is 0 Å². The van der Waals surface area contributed by atoms with Crippen LogP contribution in [0.1, 0.15) is 84.0 Å². The van der Waals surface area contributed by atoms with Crippen molar-refractivity contribution in [3.8, 4) is 0 Å². The molecule has 21 heavy (non-hydrogen) atoms. The molecular formula is C20H37N. The Balaban J connectivity index is 1.61. The van der Waals surface area contributed by atoms with Gasteiger partial charge in [-0.3, -0.25) is 0 Å². The molecule has 0 spiro atoms. The van der Waals surface area contributed by atoms with E-state index in [2.05, 4.69) is 18.8 Å². The van der Waals surface area contributed by atoms with Crippen LogP contribution >= 0.6 is 0 Å². The third-order valence-corrected chi connectivity index (χ3v) is 6.10. The maximum absolute atomic E-state index is 3.80. The van der Waals surface area contributed by atoms with Gasteiger partial charge in [-0.05, 0) is 56.3 Å². The number of hydrogen-bond acceptors (Lipinski definition) is 1. The van der Waals surface area contributed by atoms with Crippen molar-refractivity contribution in [2.45, 2.75) is 90.0 Å². The van der Waals surface area contributed by atoms with Gasteiger partial charge in [0, 0.05) is 12.6 Å². The van der Waals surface area contributed by atoms with Gasteiger partial charge in [-0.15, -0.1) is 6.58 Å². The minimum Gasteiger partial charge on any atom is -0.311 e. The first-order chi connectivity index (χ1) is 10.3. The Labute approximate surface area is 133 Å². The van der Waals surface area contributed by atoms with Gasteiger partial charge in [-0.25, -0.2) is 0 Å². The molecule has 0 radical (unpaired) electrons. The number of nitrogens with one attached hydrogen (secondary N) is 1. The van der Waals surface area contributed by atoms with Gasteiger partial charge in [0.2, 0.25) is 0 Å². The molecule has 0 aromatic rings. The Morgan fingerprint density at radius 3 is 2.10 bits per heavy atom. The fourth-order valence-corrected chi connectivity index (χ4v) is 4.68. The first-order valence-corrected chi connectivity index (χ1v) is 9.67. The maximum atomic E-state index is 3.80. The lowest BCUT2D eigenvalue weighted by molar-refractivity contribution is 0.151. The highest BCUT2D eigenvalue weighted by Crippen LogP contribution is 2.41. The van der Waals surface area contributed by atoms with Crippen LogP contribution in [-0.4, -0.2) is 12.6 Å². The molecule has 0 saturated heterocycles.